The van der Waals surface area contributed by atoms with Crippen LogP contribution in [-0.2, 0) is 13.0 Å². The van der Waals surface area contributed by atoms with Gasteiger partial charge < -0.3 is 14.8 Å². The third-order valence-corrected chi connectivity index (χ3v) is 6.10. The average Bonchev–Trinajstić information content (AvgIpc) is 3.34. The van der Waals surface area contributed by atoms with Gasteiger partial charge in [0, 0.05) is 37.3 Å². The van der Waals surface area contributed by atoms with Crippen molar-refractivity contribution in [2.45, 2.75) is 19.9 Å². The van der Waals surface area contributed by atoms with Crippen molar-refractivity contribution in [1.29, 1.82) is 0 Å². The van der Waals surface area contributed by atoms with E-state index in [-0.39, 0.29) is 17.6 Å². The Morgan fingerprint density at radius 2 is 1.84 bits per heavy atom. The number of amides is 2. The van der Waals surface area contributed by atoms with E-state index in [1.165, 1.54) is 18.2 Å². The number of fused-ring (bicyclic) bond motifs is 2. The smallest absolute Gasteiger partial charge is 0.293 e. The Morgan fingerprint density at radius 1 is 1.03 bits per heavy atom. The summed E-state index contributed by atoms with van der Waals surface area (Å²) >= 11 is 0. The number of likely N-dealkylation sites (tertiary alicyclic amines) is 1. The maximum atomic E-state index is 13.4. The molecule has 0 aliphatic carbocycles. The molecule has 2 aliphatic rings. The average molecular weight is 419 g/mol. The highest BCUT2D eigenvalue weighted by atomic mass is 19.1. The van der Waals surface area contributed by atoms with E-state index in [1.807, 2.05) is 40.7 Å². The lowest BCUT2D eigenvalue weighted by Gasteiger charge is -2.25. The molecule has 0 unspecified atom stereocenters. The normalized spacial score (nSPS) is 19.6. The molecule has 0 spiro atoms. The minimum Gasteiger partial charge on any atom is -0.338 e. The molecule has 2 atom stereocenters. The Labute approximate surface area is 178 Å². The van der Waals surface area contributed by atoms with Gasteiger partial charge in [-0.1, -0.05) is 23.8 Å². The molecule has 0 saturated carbocycles. The molecular formula is C23H22FN5O2. The number of carbonyl (C=O) groups excluding carboxylic acids is 2. The first-order valence-corrected chi connectivity index (χ1v) is 10.3. The monoisotopic (exact) mass is 419 g/mol. The summed E-state index contributed by atoms with van der Waals surface area (Å²) in [7, 11) is 0. The zero-order chi connectivity index (χ0) is 21.5. The highest BCUT2D eigenvalue weighted by Crippen LogP contribution is 2.33. The molecule has 1 fully saturated rings. The fraction of sp³-hybridized carbons (Fsp3) is 0.304. The first-order chi connectivity index (χ1) is 15.0. The van der Waals surface area contributed by atoms with Gasteiger partial charge in [-0.2, -0.15) is 0 Å². The van der Waals surface area contributed by atoms with Crippen LogP contribution in [0, 0.1) is 24.6 Å². The zero-order valence-electron chi connectivity index (χ0n) is 17.1. The summed E-state index contributed by atoms with van der Waals surface area (Å²) in [4.78, 5) is 27.6. The van der Waals surface area contributed by atoms with Gasteiger partial charge >= 0.3 is 0 Å². The van der Waals surface area contributed by atoms with Gasteiger partial charge in [-0.15, -0.1) is 10.2 Å². The SMILES string of the molecule is Cc1cccc(C(=O)N2C[C@H]3Cc4nnc(C(=O)Nc5cccc(F)c5)n4C[C@H]3C2)c1. The van der Waals surface area contributed by atoms with Gasteiger partial charge in [-0.05, 0) is 49.1 Å². The van der Waals surface area contributed by atoms with Gasteiger partial charge in [-0.3, -0.25) is 9.59 Å². The summed E-state index contributed by atoms with van der Waals surface area (Å²) in [6, 6.07) is 13.4. The lowest BCUT2D eigenvalue weighted by Crippen LogP contribution is -2.31. The number of carbonyl (C=O) groups is 2. The molecule has 2 aliphatic heterocycles. The van der Waals surface area contributed by atoms with Crippen molar-refractivity contribution in [3.8, 4) is 0 Å². The van der Waals surface area contributed by atoms with Gasteiger partial charge in [0.25, 0.3) is 11.8 Å². The number of anilines is 1. The minimum absolute atomic E-state index is 0.0398. The third kappa shape index (κ3) is 3.69. The topological polar surface area (TPSA) is 80.1 Å². The molecule has 5 rings (SSSR count). The molecule has 1 aromatic heterocycles. The van der Waals surface area contributed by atoms with Gasteiger partial charge in [0.15, 0.2) is 0 Å². The number of aryl methyl sites for hydroxylation is 1. The Kier molecular flexibility index (Phi) is 4.77. The van der Waals surface area contributed by atoms with Crippen molar-refractivity contribution in [3.05, 3.63) is 77.1 Å². The van der Waals surface area contributed by atoms with Crippen LogP contribution in [0.3, 0.4) is 0 Å². The van der Waals surface area contributed by atoms with Gasteiger partial charge in [0.2, 0.25) is 5.82 Å². The molecule has 3 aromatic rings. The van der Waals surface area contributed by atoms with E-state index in [0.717, 1.165) is 11.4 Å². The van der Waals surface area contributed by atoms with Crippen molar-refractivity contribution >= 4 is 17.5 Å². The van der Waals surface area contributed by atoms with Gasteiger partial charge in [0.1, 0.15) is 11.6 Å². The van der Waals surface area contributed by atoms with Crippen LogP contribution >= 0.6 is 0 Å². The number of aromatic nitrogens is 3. The molecule has 31 heavy (non-hydrogen) atoms. The number of halogens is 1. The van der Waals surface area contributed by atoms with E-state index in [2.05, 4.69) is 15.5 Å². The molecule has 0 bridgehead atoms. The molecule has 3 heterocycles. The standard InChI is InChI=1S/C23H22FN5O2/c1-14-4-2-5-15(8-14)23(31)28-11-16-9-20-26-27-21(29(20)13-17(16)12-28)22(30)25-19-7-3-6-18(24)10-19/h2-8,10,16-17H,9,11-13H2,1H3,(H,25,30)/t16-,17-/m1/s1. The van der Waals surface area contributed by atoms with E-state index >= 15 is 0 Å². The van der Waals surface area contributed by atoms with E-state index in [1.54, 1.807) is 6.07 Å². The Balaban J connectivity index is 1.31. The lowest BCUT2D eigenvalue weighted by molar-refractivity contribution is 0.0783. The fourth-order valence-corrected chi connectivity index (χ4v) is 4.57. The number of hydrogen-bond acceptors (Lipinski definition) is 4. The van der Waals surface area contributed by atoms with E-state index in [4.69, 9.17) is 0 Å². The first kappa shape index (κ1) is 19.4. The zero-order valence-corrected chi connectivity index (χ0v) is 17.1. The maximum absolute atomic E-state index is 13.4. The van der Waals surface area contributed by atoms with Crippen molar-refractivity contribution in [1.82, 2.24) is 19.7 Å². The van der Waals surface area contributed by atoms with Crippen LogP contribution < -0.4 is 5.32 Å². The second-order valence-corrected chi connectivity index (χ2v) is 8.32. The molecule has 2 amide bonds. The summed E-state index contributed by atoms with van der Waals surface area (Å²) < 4.78 is 15.2. The predicted molar refractivity (Wildman–Crippen MR) is 112 cm³/mol. The minimum atomic E-state index is -0.423. The van der Waals surface area contributed by atoms with Crippen molar-refractivity contribution in [2.24, 2.45) is 11.8 Å². The number of rotatable bonds is 3. The number of nitrogens with zero attached hydrogens (tertiary/aromatic N) is 4. The maximum Gasteiger partial charge on any atom is 0.293 e. The number of nitrogens with one attached hydrogen (secondary N) is 1. The summed E-state index contributed by atoms with van der Waals surface area (Å²) in [6.07, 6.45) is 0.669. The molecule has 7 nitrogen and oxygen atoms in total. The van der Waals surface area contributed by atoms with Crippen LogP contribution in [0.15, 0.2) is 48.5 Å². The van der Waals surface area contributed by atoms with E-state index in [0.29, 0.717) is 43.2 Å². The number of hydrogen-bond donors (Lipinski definition) is 1. The summed E-state index contributed by atoms with van der Waals surface area (Å²) in [5.41, 5.74) is 2.13. The molecule has 8 heteroatoms. The third-order valence-electron chi connectivity index (χ3n) is 6.10. The van der Waals surface area contributed by atoms with E-state index < -0.39 is 11.7 Å². The van der Waals surface area contributed by atoms with Crippen molar-refractivity contribution < 1.29 is 14.0 Å². The Morgan fingerprint density at radius 3 is 2.65 bits per heavy atom. The second-order valence-electron chi connectivity index (χ2n) is 8.32. The number of benzene rings is 2. The van der Waals surface area contributed by atoms with Crippen LogP contribution in [-0.4, -0.2) is 44.6 Å². The largest absolute Gasteiger partial charge is 0.338 e. The van der Waals surface area contributed by atoms with Crippen molar-refractivity contribution in [3.63, 3.8) is 0 Å². The summed E-state index contributed by atoms with van der Waals surface area (Å²) in [5.74, 6) is 0.680. The fourth-order valence-electron chi connectivity index (χ4n) is 4.57. The Bertz CT molecular complexity index is 1170. The van der Waals surface area contributed by atoms with Crippen LogP contribution in [0.1, 0.15) is 32.4 Å². The van der Waals surface area contributed by atoms with Crippen LogP contribution in [0.5, 0.6) is 0 Å². The second kappa shape index (κ2) is 7.61. The van der Waals surface area contributed by atoms with Crippen LogP contribution in [0.4, 0.5) is 10.1 Å². The lowest BCUT2D eigenvalue weighted by atomic mass is 9.89. The highest BCUT2D eigenvalue weighted by Gasteiger charge is 2.40. The highest BCUT2D eigenvalue weighted by molar-refractivity contribution is 6.01. The molecule has 1 saturated heterocycles. The van der Waals surface area contributed by atoms with Gasteiger partial charge in [-0.25, -0.2) is 4.39 Å². The van der Waals surface area contributed by atoms with Crippen LogP contribution in [0.2, 0.25) is 0 Å². The Hall–Kier alpha value is -3.55. The molecular weight excluding hydrogens is 397 g/mol. The van der Waals surface area contributed by atoms with Crippen LogP contribution in [0.25, 0.3) is 0 Å². The molecule has 1 N–H and O–H groups in total. The molecule has 2 aromatic carbocycles. The summed E-state index contributed by atoms with van der Waals surface area (Å²) in [5, 5.41) is 11.0. The predicted octanol–water partition coefficient (Wildman–Crippen LogP) is 2.92. The quantitative estimate of drug-likeness (QED) is 0.708. The van der Waals surface area contributed by atoms with Crippen molar-refractivity contribution in [2.75, 3.05) is 18.4 Å². The summed E-state index contributed by atoms with van der Waals surface area (Å²) in [6.45, 7) is 3.87. The van der Waals surface area contributed by atoms with E-state index in [9.17, 15) is 14.0 Å². The van der Waals surface area contributed by atoms with Gasteiger partial charge in [0.05, 0.1) is 0 Å². The first-order valence-electron chi connectivity index (χ1n) is 10.3. The molecule has 158 valence electrons. The molecule has 0 radical (unpaired) electrons.